The lowest BCUT2D eigenvalue weighted by atomic mass is 9.50. The van der Waals surface area contributed by atoms with Crippen LogP contribution in [0.3, 0.4) is 0 Å². The minimum Gasteiger partial charge on any atom is -0.507 e. The molecule has 2 fully saturated rings. The van der Waals surface area contributed by atoms with Crippen molar-refractivity contribution in [3.05, 3.63) is 28.8 Å². The highest BCUT2D eigenvalue weighted by Crippen LogP contribution is 2.54. The molecule has 4 rings (SSSR count). The molecule has 5 N–H and O–H groups in total. The van der Waals surface area contributed by atoms with Crippen molar-refractivity contribution in [3.63, 3.8) is 0 Å². The van der Waals surface area contributed by atoms with Crippen LogP contribution in [-0.4, -0.2) is 61.8 Å². The molecule has 0 bridgehead atoms. The number of hydrogen-bond donors (Lipinski definition) is 4. The van der Waals surface area contributed by atoms with Gasteiger partial charge in [-0.1, -0.05) is 26.8 Å². The van der Waals surface area contributed by atoms with Gasteiger partial charge in [-0.15, -0.1) is 0 Å². The lowest BCUT2D eigenvalue weighted by Crippen LogP contribution is -2.72. The third-order valence-corrected chi connectivity index (χ3v) is 7.95. The smallest absolute Gasteiger partial charge is 0.235 e. The Morgan fingerprint density at radius 3 is 2.36 bits per heavy atom. The zero-order valence-electron chi connectivity index (χ0n) is 20.2. The molecule has 3 aliphatic carbocycles. The van der Waals surface area contributed by atoms with E-state index in [4.69, 9.17) is 5.73 Å². The molecule has 1 aromatic rings. The van der Waals surface area contributed by atoms with E-state index in [1.165, 1.54) is 12.1 Å². The molecule has 192 valence electrons. The number of carbonyl (C=O) groups is 6. The zero-order valence-corrected chi connectivity index (χ0v) is 20.2. The van der Waals surface area contributed by atoms with E-state index in [9.17, 15) is 44.1 Å². The number of ketones is 5. The number of aliphatic hydroxyl groups is 2. The number of fused-ring (bicyclic) bond motifs is 3. The number of nitrogens with two attached hydrogens (primary N) is 1. The molecule has 0 radical (unpaired) electrons. The highest BCUT2D eigenvalue weighted by atomic mass is 16.3. The number of phenolic OH excluding ortho intramolecular Hbond substituents is 1. The largest absolute Gasteiger partial charge is 0.507 e. The molecule has 2 unspecified atom stereocenters. The van der Waals surface area contributed by atoms with Crippen LogP contribution in [0.5, 0.6) is 5.75 Å². The molecular weight excluding hydrogens is 470 g/mol. The van der Waals surface area contributed by atoms with Gasteiger partial charge in [0.1, 0.15) is 11.5 Å². The first-order valence-electron chi connectivity index (χ1n) is 11.9. The highest BCUT2D eigenvalue weighted by Gasteiger charge is 2.70. The van der Waals surface area contributed by atoms with Crippen LogP contribution >= 0.6 is 0 Å². The summed E-state index contributed by atoms with van der Waals surface area (Å²) in [7, 11) is 0. The second-order valence-corrected chi connectivity index (χ2v) is 10.7. The second-order valence-electron chi connectivity index (χ2n) is 10.7. The summed E-state index contributed by atoms with van der Waals surface area (Å²) in [6.07, 6.45) is -2.02. The van der Waals surface area contributed by atoms with Crippen molar-refractivity contribution in [1.82, 2.24) is 0 Å². The minimum absolute atomic E-state index is 0.0233. The molecule has 0 spiro atoms. The third-order valence-electron chi connectivity index (χ3n) is 7.95. The van der Waals surface area contributed by atoms with Crippen molar-refractivity contribution in [2.45, 2.75) is 57.7 Å². The van der Waals surface area contributed by atoms with E-state index in [0.29, 0.717) is 17.5 Å². The Morgan fingerprint density at radius 2 is 1.78 bits per heavy atom. The quantitative estimate of drug-likeness (QED) is 0.405. The molecule has 1 amide bonds. The summed E-state index contributed by atoms with van der Waals surface area (Å²) in [5.41, 5.74) is 2.80. The van der Waals surface area contributed by atoms with Gasteiger partial charge in [0.25, 0.3) is 0 Å². The number of carbonyl (C=O) groups excluding carboxylic acids is 6. The van der Waals surface area contributed by atoms with E-state index in [1.54, 1.807) is 6.92 Å². The molecular formula is C26H29NO9. The van der Waals surface area contributed by atoms with Gasteiger partial charge in [0.05, 0.1) is 17.6 Å². The van der Waals surface area contributed by atoms with Crippen LogP contribution in [0.25, 0.3) is 0 Å². The Kier molecular flexibility index (Phi) is 6.25. The van der Waals surface area contributed by atoms with Crippen molar-refractivity contribution in [3.8, 4) is 5.75 Å². The van der Waals surface area contributed by atoms with Crippen LogP contribution in [0.2, 0.25) is 0 Å². The van der Waals surface area contributed by atoms with Gasteiger partial charge >= 0.3 is 0 Å². The minimum atomic E-state index is -2.96. The number of benzene rings is 1. The normalized spacial score (nSPS) is 33.7. The standard InChI is InChI=1S/C26H29NO9/c1-9(2)6-12(28)7-11-4-5-14(29)18-16(11)10(3)17-20(22(18)32)24(34)26(36)13(21(17)31)8-15(30)19(23(26)33)25(27)35/h4-5,9-10,13,17,19-21,29,31,36H,6-8H2,1-3H3,(H2,27,35)/t10-,13+,17+,19?,20?,21+,26+/m0/s1. The first-order valence-corrected chi connectivity index (χ1v) is 11.9. The Hall–Kier alpha value is -3.24. The van der Waals surface area contributed by atoms with Crippen molar-refractivity contribution >= 4 is 34.8 Å². The van der Waals surface area contributed by atoms with Gasteiger partial charge in [-0.25, -0.2) is 0 Å². The van der Waals surface area contributed by atoms with Crippen molar-refractivity contribution in [2.24, 2.45) is 35.3 Å². The maximum absolute atomic E-state index is 13.6. The Bertz CT molecular complexity index is 1220. The van der Waals surface area contributed by atoms with E-state index in [1.807, 2.05) is 13.8 Å². The van der Waals surface area contributed by atoms with Crippen LogP contribution in [0.4, 0.5) is 0 Å². The molecule has 7 atom stereocenters. The van der Waals surface area contributed by atoms with E-state index in [0.717, 1.165) is 0 Å². The van der Waals surface area contributed by atoms with Crippen molar-refractivity contribution in [1.29, 1.82) is 0 Å². The zero-order chi connectivity index (χ0) is 26.9. The van der Waals surface area contributed by atoms with Crippen molar-refractivity contribution in [2.75, 3.05) is 0 Å². The predicted octanol–water partition coefficient (Wildman–Crippen LogP) is 0.0164. The van der Waals surface area contributed by atoms with Crippen molar-refractivity contribution < 1.29 is 44.1 Å². The lowest BCUT2D eigenvalue weighted by molar-refractivity contribution is -0.189. The fourth-order valence-electron chi connectivity index (χ4n) is 6.42. The SMILES string of the molecule is CC(C)CC(=O)Cc1ccc(O)c2c1[C@H](C)[C@@H]1C(C2=O)C(=O)[C@]2(O)C(=O)C(C(N)=O)C(=O)C[C@@H]2[C@H]1O. The lowest BCUT2D eigenvalue weighted by Gasteiger charge is -2.53. The Balaban J connectivity index is 1.85. The maximum atomic E-state index is 13.6. The predicted molar refractivity (Wildman–Crippen MR) is 123 cm³/mol. The topological polar surface area (TPSA) is 189 Å². The van der Waals surface area contributed by atoms with Gasteiger partial charge in [0.2, 0.25) is 5.91 Å². The first kappa shape index (κ1) is 25.8. The van der Waals surface area contributed by atoms with E-state index in [2.05, 4.69) is 0 Å². The van der Waals surface area contributed by atoms with Crippen LogP contribution in [-0.2, 0) is 30.4 Å². The van der Waals surface area contributed by atoms with Crippen LogP contribution in [0, 0.1) is 29.6 Å². The molecule has 0 aliphatic heterocycles. The Labute approximate surface area is 206 Å². The highest BCUT2D eigenvalue weighted by molar-refractivity contribution is 6.31. The second kappa shape index (κ2) is 8.70. The molecule has 10 nitrogen and oxygen atoms in total. The van der Waals surface area contributed by atoms with Crippen LogP contribution < -0.4 is 5.73 Å². The fraction of sp³-hybridized carbons (Fsp3) is 0.538. The number of aromatic hydroxyl groups is 1. The number of amides is 1. The average Bonchev–Trinajstić information content (AvgIpc) is 2.77. The number of Topliss-reactive ketones (excluding diaryl/α,β-unsaturated/α-hetero) is 5. The fourth-order valence-corrected chi connectivity index (χ4v) is 6.42. The molecule has 3 aliphatic rings. The summed E-state index contributed by atoms with van der Waals surface area (Å²) < 4.78 is 0. The van der Waals surface area contributed by atoms with Gasteiger partial charge in [-0.2, -0.15) is 0 Å². The van der Waals surface area contributed by atoms with Gasteiger partial charge in [0.15, 0.2) is 34.7 Å². The number of rotatable bonds is 5. The van der Waals surface area contributed by atoms with Crippen LogP contribution in [0.1, 0.15) is 61.0 Å². The van der Waals surface area contributed by atoms with Gasteiger partial charge in [-0.05, 0) is 29.0 Å². The summed E-state index contributed by atoms with van der Waals surface area (Å²) in [6.45, 7) is 5.40. The summed E-state index contributed by atoms with van der Waals surface area (Å²) in [6, 6.07) is 2.77. The van der Waals surface area contributed by atoms with Gasteiger partial charge in [-0.3, -0.25) is 28.8 Å². The summed E-state index contributed by atoms with van der Waals surface area (Å²) in [5.74, 6) is -13.4. The maximum Gasteiger partial charge on any atom is 0.235 e. The van der Waals surface area contributed by atoms with E-state index in [-0.39, 0.29) is 23.7 Å². The molecule has 0 saturated heterocycles. The number of aliphatic hydroxyl groups excluding tert-OH is 1. The summed E-state index contributed by atoms with van der Waals surface area (Å²) in [5, 5.41) is 33.2. The molecule has 0 heterocycles. The average molecular weight is 500 g/mol. The van der Waals surface area contributed by atoms with E-state index >= 15 is 0 Å². The monoisotopic (exact) mass is 499 g/mol. The Morgan fingerprint density at radius 1 is 1.14 bits per heavy atom. The number of phenols is 1. The van der Waals surface area contributed by atoms with E-state index < -0.39 is 82.5 Å². The molecule has 10 heteroatoms. The molecule has 1 aromatic carbocycles. The molecule has 0 aromatic heterocycles. The van der Waals surface area contributed by atoms with Gasteiger partial charge in [0, 0.05) is 31.1 Å². The van der Waals surface area contributed by atoms with Crippen LogP contribution in [0.15, 0.2) is 12.1 Å². The number of hydrogen-bond acceptors (Lipinski definition) is 9. The third kappa shape index (κ3) is 3.54. The first-order chi connectivity index (χ1) is 16.7. The number of primary amides is 1. The summed E-state index contributed by atoms with van der Waals surface area (Å²) >= 11 is 0. The van der Waals surface area contributed by atoms with Gasteiger partial charge < -0.3 is 21.1 Å². The molecule has 2 saturated carbocycles. The summed E-state index contributed by atoms with van der Waals surface area (Å²) in [4.78, 5) is 77.1. The molecule has 36 heavy (non-hydrogen) atoms.